The molecule has 198 valence electrons. The van der Waals surface area contributed by atoms with Crippen LogP contribution in [0.25, 0.3) is 11.1 Å². The molecule has 2 heterocycles. The predicted octanol–water partition coefficient (Wildman–Crippen LogP) is 6.54. The Morgan fingerprint density at radius 3 is 2.51 bits per heavy atom. The van der Waals surface area contributed by atoms with Crippen molar-refractivity contribution >= 4 is 29.3 Å². The molecule has 1 atom stereocenters. The average molecular weight is 551 g/mol. The number of nitrogens with one attached hydrogen (secondary N) is 1. The molecule has 1 amide bonds. The molecule has 37 heavy (non-hydrogen) atoms. The van der Waals surface area contributed by atoms with E-state index in [2.05, 4.69) is 15.3 Å². The van der Waals surface area contributed by atoms with Gasteiger partial charge in [-0.25, -0.2) is 0 Å². The lowest BCUT2D eigenvalue weighted by molar-refractivity contribution is -0.137. The minimum Gasteiger partial charge on any atom is -0.343 e. The first-order valence-corrected chi connectivity index (χ1v) is 13.6. The smallest absolute Gasteiger partial charge is 0.343 e. The predicted molar refractivity (Wildman–Crippen MR) is 143 cm³/mol. The van der Waals surface area contributed by atoms with Gasteiger partial charge in [0.25, 0.3) is 5.91 Å². The third kappa shape index (κ3) is 5.68. The first-order valence-electron chi connectivity index (χ1n) is 12.1. The fourth-order valence-corrected chi connectivity index (χ4v) is 6.48. The summed E-state index contributed by atoms with van der Waals surface area (Å²) in [4.78, 5) is 15.7. The quantitative estimate of drug-likeness (QED) is 0.363. The van der Waals surface area contributed by atoms with E-state index < -0.39 is 34.3 Å². The Balaban J connectivity index is 1.78. The molecular formula is C27H30ClF3N4OS. The molecule has 5 nitrogen and oxygen atoms in total. The van der Waals surface area contributed by atoms with Crippen LogP contribution in [0.15, 0.2) is 54.9 Å². The molecule has 1 aromatic heterocycles. The molecular weight excluding hydrogens is 521 g/mol. The van der Waals surface area contributed by atoms with Gasteiger partial charge in [-0.15, -0.1) is 0 Å². The second kappa shape index (κ2) is 11.1. The summed E-state index contributed by atoms with van der Waals surface area (Å²) in [5.74, 6) is 1.19. The fourth-order valence-electron chi connectivity index (χ4n) is 4.97. The number of likely N-dealkylation sites (N-methyl/N-ethyl adjacent to an activating group) is 1. The van der Waals surface area contributed by atoms with E-state index in [-0.39, 0.29) is 5.56 Å². The van der Waals surface area contributed by atoms with Gasteiger partial charge in [0.15, 0.2) is 0 Å². The van der Waals surface area contributed by atoms with E-state index in [0.29, 0.717) is 0 Å². The van der Waals surface area contributed by atoms with Crippen LogP contribution in [0.5, 0.6) is 0 Å². The van der Waals surface area contributed by atoms with E-state index in [4.69, 9.17) is 11.6 Å². The highest BCUT2D eigenvalue weighted by Gasteiger charge is 2.44. The van der Waals surface area contributed by atoms with Crippen molar-refractivity contribution in [3.8, 4) is 11.1 Å². The van der Waals surface area contributed by atoms with Gasteiger partial charge >= 0.3 is 6.18 Å². The summed E-state index contributed by atoms with van der Waals surface area (Å²) >= 11 is 7.98. The summed E-state index contributed by atoms with van der Waals surface area (Å²) in [6, 6.07) is 10.9. The number of benzene rings is 2. The molecule has 1 unspecified atom stereocenters. The van der Waals surface area contributed by atoms with Crippen molar-refractivity contribution in [1.82, 2.24) is 20.0 Å². The first kappa shape index (κ1) is 27.5. The van der Waals surface area contributed by atoms with Gasteiger partial charge in [0.2, 0.25) is 0 Å². The SMILES string of the molecule is CCn1cc(-c2cccc(C(NC(=O)c3cccc(C(F)(F)F)c3Cl)C3(N(C)C)CCSCC3)c2)cn1. The average Bonchev–Trinajstić information content (AvgIpc) is 3.36. The second-order valence-electron chi connectivity index (χ2n) is 9.39. The molecule has 1 fully saturated rings. The van der Waals surface area contributed by atoms with E-state index in [1.807, 2.05) is 67.9 Å². The number of thioether (sulfide) groups is 1. The molecule has 0 aliphatic carbocycles. The van der Waals surface area contributed by atoms with Crippen LogP contribution in [-0.2, 0) is 12.7 Å². The lowest BCUT2D eigenvalue weighted by Gasteiger charge is -2.48. The third-order valence-electron chi connectivity index (χ3n) is 7.12. The highest BCUT2D eigenvalue weighted by molar-refractivity contribution is 7.99. The van der Waals surface area contributed by atoms with Crippen LogP contribution in [-0.4, -0.2) is 51.7 Å². The topological polar surface area (TPSA) is 50.2 Å². The molecule has 3 aromatic rings. The van der Waals surface area contributed by atoms with Gasteiger partial charge in [0.1, 0.15) is 0 Å². The molecule has 0 spiro atoms. The first-order chi connectivity index (χ1) is 17.6. The zero-order valence-electron chi connectivity index (χ0n) is 21.0. The summed E-state index contributed by atoms with van der Waals surface area (Å²) in [5.41, 5.74) is 1.13. The van der Waals surface area contributed by atoms with Crippen molar-refractivity contribution < 1.29 is 18.0 Å². The molecule has 1 saturated heterocycles. The zero-order valence-corrected chi connectivity index (χ0v) is 22.6. The molecule has 10 heteroatoms. The Morgan fingerprint density at radius 1 is 1.19 bits per heavy atom. The van der Waals surface area contributed by atoms with Crippen molar-refractivity contribution in [2.24, 2.45) is 0 Å². The highest BCUT2D eigenvalue weighted by atomic mass is 35.5. The number of hydrogen-bond acceptors (Lipinski definition) is 4. The van der Waals surface area contributed by atoms with Crippen LogP contribution in [0, 0.1) is 0 Å². The molecule has 4 rings (SSSR count). The van der Waals surface area contributed by atoms with Crippen molar-refractivity contribution in [3.05, 3.63) is 76.6 Å². The van der Waals surface area contributed by atoms with E-state index in [0.717, 1.165) is 53.6 Å². The van der Waals surface area contributed by atoms with Gasteiger partial charge in [-0.05, 0) is 74.7 Å². The zero-order chi connectivity index (χ0) is 26.8. The number of carbonyl (C=O) groups excluding carboxylic acids is 1. The van der Waals surface area contributed by atoms with Crippen LogP contribution in [0.3, 0.4) is 0 Å². The van der Waals surface area contributed by atoms with Crippen LogP contribution >= 0.6 is 23.4 Å². The Kier molecular flexibility index (Phi) is 8.26. The second-order valence-corrected chi connectivity index (χ2v) is 11.0. The minimum absolute atomic E-state index is 0.194. The largest absolute Gasteiger partial charge is 0.417 e. The lowest BCUT2D eigenvalue weighted by Crippen LogP contribution is -2.56. The van der Waals surface area contributed by atoms with Gasteiger partial charge in [0, 0.05) is 23.8 Å². The number of halogens is 4. The summed E-state index contributed by atoms with van der Waals surface area (Å²) < 4.78 is 42.3. The van der Waals surface area contributed by atoms with E-state index in [1.54, 1.807) is 6.20 Å². The van der Waals surface area contributed by atoms with Gasteiger partial charge in [-0.1, -0.05) is 35.9 Å². The standard InChI is InChI=1S/C27H30ClF3N4OS/c1-4-35-17-20(16-32-35)18-7-5-8-19(15-18)24(26(34(2)3)11-13-37-14-12-26)33-25(36)21-9-6-10-22(23(21)28)27(29,30)31/h5-10,15-17,24H,4,11-14H2,1-3H3,(H,33,36). The van der Waals surface area contributed by atoms with Crippen molar-refractivity contribution in [2.45, 2.75) is 44.1 Å². The highest BCUT2D eigenvalue weighted by Crippen LogP contribution is 2.42. The van der Waals surface area contributed by atoms with Gasteiger partial charge in [-0.2, -0.15) is 30.0 Å². The number of carbonyl (C=O) groups is 1. The van der Waals surface area contributed by atoms with E-state index in [1.165, 1.54) is 12.1 Å². The molecule has 2 aromatic carbocycles. The maximum absolute atomic E-state index is 13.5. The minimum atomic E-state index is -4.66. The Bertz CT molecular complexity index is 1250. The number of nitrogens with zero attached hydrogens (tertiary/aromatic N) is 3. The van der Waals surface area contributed by atoms with E-state index >= 15 is 0 Å². The number of aryl methyl sites for hydroxylation is 1. The fraction of sp³-hybridized carbons (Fsp3) is 0.407. The summed E-state index contributed by atoms with van der Waals surface area (Å²) in [7, 11) is 3.98. The van der Waals surface area contributed by atoms with Crippen LogP contribution in [0.1, 0.15) is 47.3 Å². The molecule has 1 aliphatic rings. The molecule has 1 aliphatic heterocycles. The summed E-state index contributed by atoms with van der Waals surface area (Å²) in [6.07, 6.45) is 0.731. The Labute approximate surface area is 224 Å². The Hall–Kier alpha value is -2.49. The van der Waals surface area contributed by atoms with Crippen molar-refractivity contribution in [2.75, 3.05) is 25.6 Å². The maximum atomic E-state index is 13.5. The number of amides is 1. The molecule has 0 radical (unpaired) electrons. The number of rotatable bonds is 7. The third-order valence-corrected chi connectivity index (χ3v) is 8.51. The van der Waals surface area contributed by atoms with Crippen LogP contribution in [0.2, 0.25) is 5.02 Å². The van der Waals surface area contributed by atoms with Crippen molar-refractivity contribution in [3.63, 3.8) is 0 Å². The number of alkyl halides is 3. The van der Waals surface area contributed by atoms with E-state index in [9.17, 15) is 18.0 Å². The monoisotopic (exact) mass is 550 g/mol. The number of hydrogen-bond donors (Lipinski definition) is 1. The van der Waals surface area contributed by atoms with Crippen LogP contribution < -0.4 is 5.32 Å². The lowest BCUT2D eigenvalue weighted by atomic mass is 9.78. The molecule has 0 bridgehead atoms. The van der Waals surface area contributed by atoms with Crippen molar-refractivity contribution in [1.29, 1.82) is 0 Å². The van der Waals surface area contributed by atoms with Gasteiger partial charge in [-0.3, -0.25) is 9.48 Å². The van der Waals surface area contributed by atoms with Gasteiger partial charge in [0.05, 0.1) is 28.4 Å². The van der Waals surface area contributed by atoms with Gasteiger partial charge < -0.3 is 10.2 Å². The molecule has 1 N–H and O–H groups in total. The summed E-state index contributed by atoms with van der Waals surface area (Å²) in [5, 5.41) is 6.87. The maximum Gasteiger partial charge on any atom is 0.417 e. The Morgan fingerprint density at radius 2 is 1.89 bits per heavy atom. The molecule has 0 saturated carbocycles. The normalized spacial score (nSPS) is 16.5. The summed E-state index contributed by atoms with van der Waals surface area (Å²) in [6.45, 7) is 2.76. The number of aromatic nitrogens is 2. The van der Waals surface area contributed by atoms with Crippen LogP contribution in [0.4, 0.5) is 13.2 Å².